The number of benzene rings is 1. The first kappa shape index (κ1) is 33.9. The smallest absolute Gasteiger partial charge is 0.408 e. The van der Waals surface area contributed by atoms with Gasteiger partial charge in [-0.1, -0.05) is 76.3 Å². The van der Waals surface area contributed by atoms with E-state index in [9.17, 15) is 19.2 Å². The second-order valence-electron chi connectivity index (χ2n) is 11.4. The molecular weight excluding hydrogens is 498 g/mol. The van der Waals surface area contributed by atoms with Crippen LogP contribution in [0.15, 0.2) is 24.3 Å². The number of esters is 1. The molecule has 0 fully saturated rings. The molecule has 1 aromatic rings. The Morgan fingerprint density at radius 1 is 0.974 bits per heavy atom. The van der Waals surface area contributed by atoms with Crippen molar-refractivity contribution in [2.24, 2.45) is 5.92 Å². The molecule has 3 amide bonds. The summed E-state index contributed by atoms with van der Waals surface area (Å²) in [7, 11) is 1.25. The molecule has 0 aliphatic heterocycles. The van der Waals surface area contributed by atoms with Crippen LogP contribution in [0.25, 0.3) is 0 Å². The SMILES string of the molecule is CCCCCCCN(C(=O)C(CC(C)C)NC(=O)OC(C)(C)C)C(C(=O)NCC(=O)OC)c1ccc(C)cc1. The number of unbranched alkanes of at least 4 members (excludes halogenated alkanes) is 4. The molecule has 0 saturated heterocycles. The summed E-state index contributed by atoms with van der Waals surface area (Å²) in [5, 5.41) is 5.38. The Kier molecular flexibility index (Phi) is 14.6. The van der Waals surface area contributed by atoms with Gasteiger partial charge in [-0.15, -0.1) is 0 Å². The highest BCUT2D eigenvalue weighted by atomic mass is 16.6. The molecule has 0 aliphatic carbocycles. The third-order valence-electron chi connectivity index (χ3n) is 6.07. The summed E-state index contributed by atoms with van der Waals surface area (Å²) >= 11 is 0. The standard InChI is InChI=1S/C30H49N3O6/c1-9-10-11-12-13-18-33(28(36)24(19-21(2)3)32-29(37)39-30(5,6)7)26(23-16-14-22(4)15-17-23)27(35)31-20-25(34)38-8/h14-17,21,24,26H,9-13,18-20H2,1-8H3,(H,31,35)(H,32,37). The van der Waals surface area contributed by atoms with Crippen molar-refractivity contribution in [2.45, 2.75) is 105 Å². The van der Waals surface area contributed by atoms with Crippen LogP contribution in [0, 0.1) is 12.8 Å². The predicted molar refractivity (Wildman–Crippen MR) is 152 cm³/mol. The maximum atomic E-state index is 14.2. The lowest BCUT2D eigenvalue weighted by Crippen LogP contribution is -2.54. The number of carbonyl (C=O) groups is 4. The molecule has 220 valence electrons. The van der Waals surface area contributed by atoms with Crippen molar-refractivity contribution in [3.05, 3.63) is 35.4 Å². The number of ether oxygens (including phenoxy) is 2. The minimum absolute atomic E-state index is 0.0891. The second kappa shape index (κ2) is 16.8. The number of nitrogens with one attached hydrogen (secondary N) is 2. The number of hydrogen-bond acceptors (Lipinski definition) is 6. The van der Waals surface area contributed by atoms with E-state index in [4.69, 9.17) is 4.74 Å². The van der Waals surface area contributed by atoms with E-state index in [0.29, 0.717) is 24.9 Å². The number of amides is 3. The lowest BCUT2D eigenvalue weighted by atomic mass is 9.98. The Morgan fingerprint density at radius 3 is 2.13 bits per heavy atom. The van der Waals surface area contributed by atoms with Crippen molar-refractivity contribution < 1.29 is 28.7 Å². The molecule has 39 heavy (non-hydrogen) atoms. The van der Waals surface area contributed by atoms with E-state index < -0.39 is 35.7 Å². The van der Waals surface area contributed by atoms with Gasteiger partial charge in [0, 0.05) is 6.54 Å². The average Bonchev–Trinajstić information content (AvgIpc) is 2.85. The normalized spacial score (nSPS) is 12.8. The molecule has 9 heteroatoms. The zero-order valence-corrected chi connectivity index (χ0v) is 25.1. The summed E-state index contributed by atoms with van der Waals surface area (Å²) in [5.41, 5.74) is 0.895. The van der Waals surface area contributed by atoms with Gasteiger partial charge >= 0.3 is 12.1 Å². The summed E-state index contributed by atoms with van der Waals surface area (Å²) < 4.78 is 10.1. The quantitative estimate of drug-likeness (QED) is 0.234. The Morgan fingerprint density at radius 2 is 1.59 bits per heavy atom. The molecule has 0 radical (unpaired) electrons. The Hall–Kier alpha value is -3.10. The van der Waals surface area contributed by atoms with Crippen molar-refractivity contribution >= 4 is 23.9 Å². The van der Waals surface area contributed by atoms with Crippen molar-refractivity contribution in [3.63, 3.8) is 0 Å². The summed E-state index contributed by atoms with van der Waals surface area (Å²) in [6.45, 7) is 13.3. The van der Waals surface area contributed by atoms with Gasteiger partial charge in [0.2, 0.25) is 11.8 Å². The van der Waals surface area contributed by atoms with Crippen molar-refractivity contribution in [3.8, 4) is 0 Å². The highest BCUT2D eigenvalue weighted by molar-refractivity contribution is 5.93. The Bertz CT molecular complexity index is 924. The van der Waals surface area contributed by atoms with Crippen LogP contribution in [-0.2, 0) is 23.9 Å². The van der Waals surface area contributed by atoms with Gasteiger partial charge in [-0.25, -0.2) is 4.79 Å². The average molecular weight is 548 g/mol. The van der Waals surface area contributed by atoms with Crippen LogP contribution < -0.4 is 10.6 Å². The number of rotatable bonds is 15. The maximum Gasteiger partial charge on any atom is 0.408 e. The van der Waals surface area contributed by atoms with Gasteiger partial charge in [0.1, 0.15) is 24.2 Å². The topological polar surface area (TPSA) is 114 Å². The third-order valence-corrected chi connectivity index (χ3v) is 6.07. The van der Waals surface area contributed by atoms with Crippen LogP contribution in [0.5, 0.6) is 0 Å². The molecule has 1 rings (SSSR count). The van der Waals surface area contributed by atoms with E-state index in [1.165, 1.54) is 12.0 Å². The molecule has 2 unspecified atom stereocenters. The highest BCUT2D eigenvalue weighted by Crippen LogP contribution is 2.25. The van der Waals surface area contributed by atoms with Gasteiger partial charge < -0.3 is 25.0 Å². The van der Waals surface area contributed by atoms with Crippen molar-refractivity contribution in [2.75, 3.05) is 20.2 Å². The molecule has 2 N–H and O–H groups in total. The first-order chi connectivity index (χ1) is 18.3. The van der Waals surface area contributed by atoms with E-state index in [1.807, 2.05) is 45.0 Å². The van der Waals surface area contributed by atoms with E-state index in [1.54, 1.807) is 20.8 Å². The lowest BCUT2D eigenvalue weighted by molar-refractivity contribution is -0.145. The number of hydrogen-bond donors (Lipinski definition) is 2. The largest absolute Gasteiger partial charge is 0.468 e. The molecule has 0 heterocycles. The Labute approximate surface area is 234 Å². The van der Waals surface area contributed by atoms with Crippen LogP contribution in [0.1, 0.15) is 97.2 Å². The van der Waals surface area contributed by atoms with E-state index in [0.717, 1.165) is 31.2 Å². The Balaban J connectivity index is 3.45. The number of carbonyl (C=O) groups excluding carboxylic acids is 4. The predicted octanol–water partition coefficient (Wildman–Crippen LogP) is 5.06. The zero-order valence-electron chi connectivity index (χ0n) is 25.1. The van der Waals surface area contributed by atoms with E-state index >= 15 is 0 Å². The van der Waals surface area contributed by atoms with Crippen LogP contribution in [0.4, 0.5) is 4.79 Å². The van der Waals surface area contributed by atoms with Gasteiger partial charge in [0.25, 0.3) is 0 Å². The minimum atomic E-state index is -0.996. The van der Waals surface area contributed by atoms with Gasteiger partial charge in [-0.2, -0.15) is 0 Å². The van der Waals surface area contributed by atoms with Crippen molar-refractivity contribution in [1.29, 1.82) is 0 Å². The lowest BCUT2D eigenvalue weighted by Gasteiger charge is -2.35. The van der Waals surface area contributed by atoms with Crippen LogP contribution in [0.3, 0.4) is 0 Å². The fourth-order valence-electron chi connectivity index (χ4n) is 4.14. The van der Waals surface area contributed by atoms with Crippen LogP contribution in [0.2, 0.25) is 0 Å². The van der Waals surface area contributed by atoms with Gasteiger partial charge in [-0.3, -0.25) is 14.4 Å². The molecule has 0 aromatic heterocycles. The molecule has 2 atom stereocenters. The molecule has 0 aliphatic rings. The molecule has 0 saturated carbocycles. The van der Waals surface area contributed by atoms with E-state index in [-0.39, 0.29) is 18.4 Å². The number of nitrogens with zero attached hydrogens (tertiary/aromatic N) is 1. The number of aryl methyl sites for hydroxylation is 1. The fraction of sp³-hybridized carbons (Fsp3) is 0.667. The zero-order chi connectivity index (χ0) is 29.6. The molecule has 0 bridgehead atoms. The van der Waals surface area contributed by atoms with Gasteiger partial charge in [0.05, 0.1) is 7.11 Å². The minimum Gasteiger partial charge on any atom is -0.468 e. The monoisotopic (exact) mass is 547 g/mol. The molecule has 1 aromatic carbocycles. The second-order valence-corrected chi connectivity index (χ2v) is 11.4. The first-order valence-electron chi connectivity index (χ1n) is 14.0. The molecule has 0 spiro atoms. The van der Waals surface area contributed by atoms with Gasteiger partial charge in [0.15, 0.2) is 0 Å². The third kappa shape index (κ3) is 13.0. The summed E-state index contributed by atoms with van der Waals surface area (Å²) in [6.07, 6.45) is 4.47. The molecular formula is C30H49N3O6. The van der Waals surface area contributed by atoms with E-state index in [2.05, 4.69) is 22.3 Å². The van der Waals surface area contributed by atoms with Crippen LogP contribution >= 0.6 is 0 Å². The summed E-state index contributed by atoms with van der Waals surface area (Å²) in [6, 6.07) is 5.50. The number of methoxy groups -OCH3 is 1. The fourth-order valence-corrected chi connectivity index (χ4v) is 4.14. The van der Waals surface area contributed by atoms with Crippen molar-refractivity contribution in [1.82, 2.24) is 15.5 Å². The summed E-state index contributed by atoms with van der Waals surface area (Å²) in [4.78, 5) is 53.7. The van der Waals surface area contributed by atoms with Gasteiger partial charge in [-0.05, 0) is 52.0 Å². The highest BCUT2D eigenvalue weighted by Gasteiger charge is 2.36. The van der Waals surface area contributed by atoms with Crippen LogP contribution in [-0.4, -0.2) is 60.6 Å². The number of alkyl carbamates (subject to hydrolysis) is 1. The molecule has 9 nitrogen and oxygen atoms in total. The first-order valence-corrected chi connectivity index (χ1v) is 14.0. The maximum absolute atomic E-state index is 14.2. The summed E-state index contributed by atoms with van der Waals surface area (Å²) in [5.74, 6) is -1.37.